The van der Waals surface area contributed by atoms with Crippen LogP contribution in [-0.2, 0) is 0 Å². The number of likely N-dealkylation sites (N-methyl/N-ethyl adjacent to an activating group) is 1. The Morgan fingerprint density at radius 3 is 2.58 bits per heavy atom. The van der Waals surface area contributed by atoms with Crippen molar-refractivity contribution in [1.82, 2.24) is 10.2 Å². The fourth-order valence-corrected chi connectivity index (χ4v) is 3.13. The Balaban J connectivity index is 1.81. The number of hydrogen-bond acceptors (Lipinski definition) is 4. The highest BCUT2D eigenvalue weighted by atomic mass is 79.9. The summed E-state index contributed by atoms with van der Waals surface area (Å²) >= 11 is 3.34. The average Bonchev–Trinajstić information content (AvgIpc) is 2.61. The van der Waals surface area contributed by atoms with Crippen LogP contribution in [0.3, 0.4) is 0 Å². The first-order chi connectivity index (χ1) is 12.5. The number of hydrogen-bond donors (Lipinski definition) is 1. The normalized spacial score (nSPS) is 12.3. The van der Waals surface area contributed by atoms with Crippen molar-refractivity contribution < 1.29 is 9.21 Å². The van der Waals surface area contributed by atoms with Crippen LogP contribution in [0.5, 0.6) is 0 Å². The zero-order valence-corrected chi connectivity index (χ0v) is 16.1. The summed E-state index contributed by atoms with van der Waals surface area (Å²) < 4.78 is 6.41. The van der Waals surface area contributed by atoms with Gasteiger partial charge >= 0.3 is 0 Å². The summed E-state index contributed by atoms with van der Waals surface area (Å²) in [7, 11) is 3.91. The van der Waals surface area contributed by atoms with Gasteiger partial charge in [0.1, 0.15) is 5.58 Å². The molecule has 0 aliphatic heterocycles. The molecule has 0 aliphatic carbocycles. The minimum atomic E-state index is -0.410. The molecule has 0 unspecified atom stereocenters. The third-order valence-electron chi connectivity index (χ3n) is 4.18. The molecule has 1 N–H and O–H groups in total. The van der Waals surface area contributed by atoms with E-state index in [9.17, 15) is 9.59 Å². The molecule has 26 heavy (non-hydrogen) atoms. The molecular weight excluding hydrogens is 396 g/mol. The van der Waals surface area contributed by atoms with Gasteiger partial charge < -0.3 is 14.6 Å². The number of amides is 1. The largest absolute Gasteiger partial charge is 0.451 e. The van der Waals surface area contributed by atoms with Gasteiger partial charge in [0.15, 0.2) is 11.2 Å². The lowest BCUT2D eigenvalue weighted by Gasteiger charge is -2.25. The van der Waals surface area contributed by atoms with Crippen LogP contribution in [-0.4, -0.2) is 31.4 Å². The molecule has 0 spiro atoms. The molecule has 1 amide bonds. The van der Waals surface area contributed by atoms with Crippen molar-refractivity contribution in [2.24, 2.45) is 0 Å². The molecule has 0 fully saturated rings. The molecular formula is C20H19BrN2O3. The van der Waals surface area contributed by atoms with Crippen LogP contribution in [0.15, 0.2) is 68.3 Å². The summed E-state index contributed by atoms with van der Waals surface area (Å²) in [4.78, 5) is 26.8. The van der Waals surface area contributed by atoms with Crippen molar-refractivity contribution in [3.05, 3.63) is 80.6 Å². The van der Waals surface area contributed by atoms with E-state index in [0.29, 0.717) is 17.5 Å². The van der Waals surface area contributed by atoms with Gasteiger partial charge in [0.25, 0.3) is 5.91 Å². The van der Waals surface area contributed by atoms with Crippen molar-refractivity contribution in [3.8, 4) is 0 Å². The van der Waals surface area contributed by atoms with E-state index in [1.807, 2.05) is 49.3 Å². The fraction of sp³-hybridized carbons (Fsp3) is 0.200. The topological polar surface area (TPSA) is 62.6 Å². The van der Waals surface area contributed by atoms with Crippen LogP contribution in [0.1, 0.15) is 22.2 Å². The molecule has 1 atom stereocenters. The van der Waals surface area contributed by atoms with E-state index < -0.39 is 5.91 Å². The van der Waals surface area contributed by atoms with Crippen LogP contribution in [0.4, 0.5) is 0 Å². The second kappa shape index (κ2) is 7.85. The maximum absolute atomic E-state index is 12.5. The first-order valence-electron chi connectivity index (χ1n) is 8.18. The monoisotopic (exact) mass is 414 g/mol. The highest BCUT2D eigenvalue weighted by Crippen LogP contribution is 2.19. The van der Waals surface area contributed by atoms with E-state index in [2.05, 4.69) is 21.2 Å². The Labute approximate surface area is 159 Å². The minimum Gasteiger partial charge on any atom is -0.451 e. The number of nitrogens with one attached hydrogen (secondary N) is 1. The maximum Gasteiger partial charge on any atom is 0.287 e. The summed E-state index contributed by atoms with van der Waals surface area (Å²) in [5, 5.41) is 3.31. The molecule has 0 bridgehead atoms. The number of benzene rings is 2. The van der Waals surface area contributed by atoms with Gasteiger partial charge in [0.2, 0.25) is 0 Å². The molecule has 2 aromatic carbocycles. The molecule has 5 nitrogen and oxygen atoms in total. The third-order valence-corrected chi connectivity index (χ3v) is 4.67. The number of halogens is 1. The molecule has 1 heterocycles. The number of carbonyl (C=O) groups is 1. The lowest BCUT2D eigenvalue weighted by molar-refractivity contribution is 0.0914. The van der Waals surface area contributed by atoms with Gasteiger partial charge in [-0.1, -0.05) is 46.3 Å². The van der Waals surface area contributed by atoms with E-state index in [1.54, 1.807) is 18.2 Å². The highest BCUT2D eigenvalue weighted by molar-refractivity contribution is 9.10. The average molecular weight is 415 g/mol. The van der Waals surface area contributed by atoms with Crippen molar-refractivity contribution >= 4 is 32.8 Å². The van der Waals surface area contributed by atoms with Crippen molar-refractivity contribution in [2.75, 3.05) is 20.6 Å². The lowest BCUT2D eigenvalue weighted by atomic mass is 10.1. The van der Waals surface area contributed by atoms with Gasteiger partial charge in [0.05, 0.1) is 11.4 Å². The molecule has 0 saturated carbocycles. The molecule has 6 heteroatoms. The molecule has 1 aromatic heterocycles. The Kier molecular flexibility index (Phi) is 5.54. The zero-order valence-electron chi connectivity index (χ0n) is 14.5. The van der Waals surface area contributed by atoms with Crippen molar-refractivity contribution in [1.29, 1.82) is 0 Å². The molecule has 3 rings (SSSR count). The Morgan fingerprint density at radius 2 is 1.88 bits per heavy atom. The van der Waals surface area contributed by atoms with E-state index in [0.717, 1.165) is 10.0 Å². The van der Waals surface area contributed by atoms with E-state index in [-0.39, 0.29) is 17.2 Å². The molecule has 0 aliphatic rings. The minimum absolute atomic E-state index is 0.00571. The Bertz CT molecular complexity index is 983. The molecule has 0 radical (unpaired) electrons. The standard InChI is InChI=1S/C20H19BrN2O3/c1-23(2)16(13-6-4-3-5-7-13)12-22-20(25)19-11-17(24)15-9-8-14(21)10-18(15)26-19/h3-11,16H,12H2,1-2H3,(H,22,25)/t16-/m1/s1. The van der Waals surface area contributed by atoms with E-state index in [4.69, 9.17) is 4.42 Å². The summed E-state index contributed by atoms with van der Waals surface area (Å²) in [6.07, 6.45) is 0. The number of nitrogens with zero attached hydrogens (tertiary/aromatic N) is 1. The van der Waals surface area contributed by atoms with Crippen LogP contribution >= 0.6 is 15.9 Å². The van der Waals surface area contributed by atoms with Crippen LogP contribution in [0.25, 0.3) is 11.0 Å². The van der Waals surface area contributed by atoms with Crippen LogP contribution in [0.2, 0.25) is 0 Å². The predicted octanol–water partition coefficient (Wildman–Crippen LogP) is 3.59. The van der Waals surface area contributed by atoms with Crippen LogP contribution in [0, 0.1) is 0 Å². The summed E-state index contributed by atoms with van der Waals surface area (Å²) in [5.74, 6) is -0.405. The van der Waals surface area contributed by atoms with Gasteiger partial charge in [-0.05, 0) is 37.9 Å². The Hall–Kier alpha value is -2.44. The van der Waals surface area contributed by atoms with Gasteiger partial charge in [-0.3, -0.25) is 9.59 Å². The lowest BCUT2D eigenvalue weighted by Crippen LogP contribution is -2.34. The predicted molar refractivity (Wildman–Crippen MR) is 105 cm³/mol. The van der Waals surface area contributed by atoms with Crippen LogP contribution < -0.4 is 10.7 Å². The van der Waals surface area contributed by atoms with Crippen molar-refractivity contribution in [3.63, 3.8) is 0 Å². The second-order valence-electron chi connectivity index (χ2n) is 6.22. The highest BCUT2D eigenvalue weighted by Gasteiger charge is 2.17. The SMILES string of the molecule is CN(C)[C@H](CNC(=O)c1cc(=O)c2ccc(Br)cc2o1)c1ccccc1. The first-order valence-corrected chi connectivity index (χ1v) is 8.98. The second-order valence-corrected chi connectivity index (χ2v) is 7.13. The number of fused-ring (bicyclic) bond motifs is 1. The van der Waals surface area contributed by atoms with E-state index in [1.165, 1.54) is 6.07 Å². The van der Waals surface area contributed by atoms with Gasteiger partial charge in [0, 0.05) is 17.1 Å². The third kappa shape index (κ3) is 4.03. The smallest absolute Gasteiger partial charge is 0.287 e. The fourth-order valence-electron chi connectivity index (χ4n) is 2.79. The van der Waals surface area contributed by atoms with Gasteiger partial charge in [-0.25, -0.2) is 0 Å². The summed E-state index contributed by atoms with van der Waals surface area (Å²) in [6, 6.07) is 16.3. The zero-order chi connectivity index (χ0) is 18.7. The Morgan fingerprint density at radius 1 is 1.15 bits per heavy atom. The van der Waals surface area contributed by atoms with Crippen molar-refractivity contribution in [2.45, 2.75) is 6.04 Å². The molecule has 3 aromatic rings. The quantitative estimate of drug-likeness (QED) is 0.692. The maximum atomic E-state index is 12.5. The van der Waals surface area contributed by atoms with E-state index >= 15 is 0 Å². The van der Waals surface area contributed by atoms with Gasteiger partial charge in [-0.15, -0.1) is 0 Å². The van der Waals surface area contributed by atoms with Gasteiger partial charge in [-0.2, -0.15) is 0 Å². The first kappa shape index (κ1) is 18.4. The number of rotatable bonds is 5. The summed E-state index contributed by atoms with van der Waals surface area (Å²) in [6.45, 7) is 0.399. The number of carbonyl (C=O) groups excluding carboxylic acids is 1. The molecule has 0 saturated heterocycles. The summed E-state index contributed by atoms with van der Waals surface area (Å²) in [5.41, 5.74) is 1.24. The molecule has 134 valence electrons.